The summed E-state index contributed by atoms with van der Waals surface area (Å²) in [5.74, 6) is -0.855. The highest BCUT2D eigenvalue weighted by Crippen LogP contribution is 2.26. The van der Waals surface area contributed by atoms with Crippen molar-refractivity contribution in [2.24, 2.45) is 10.8 Å². The Morgan fingerprint density at radius 1 is 1.54 bits per heavy atom. The van der Waals surface area contributed by atoms with E-state index in [0.29, 0.717) is 12.4 Å². The lowest BCUT2D eigenvalue weighted by molar-refractivity contribution is 0.00933. The van der Waals surface area contributed by atoms with Crippen molar-refractivity contribution in [3.63, 3.8) is 0 Å². The number of hydrogen-bond acceptors (Lipinski definition) is 9. The number of aliphatic hydroxyl groups is 2. The third kappa shape index (κ3) is 6.39. The first kappa shape index (κ1) is 20.9. The maximum atomic E-state index is 12.0. The van der Waals surface area contributed by atoms with Gasteiger partial charge in [-0.05, 0) is 24.6 Å². The van der Waals surface area contributed by atoms with Gasteiger partial charge in [-0.2, -0.15) is 10.4 Å². The number of anilines is 1. The van der Waals surface area contributed by atoms with Crippen molar-refractivity contribution in [1.29, 1.82) is 10.7 Å². The Morgan fingerprint density at radius 2 is 2.27 bits per heavy atom. The number of aliphatic hydroxyl groups excluding tert-OH is 2. The first-order valence-corrected chi connectivity index (χ1v) is 7.74. The van der Waals surface area contributed by atoms with Crippen molar-refractivity contribution in [3.8, 4) is 11.8 Å². The van der Waals surface area contributed by atoms with E-state index < -0.39 is 24.5 Å². The monoisotopic (exact) mass is 363 g/mol. The minimum Gasteiger partial charge on any atom is -0.491 e. The molecular formula is C16H21N5O5. The fourth-order valence-electron chi connectivity index (χ4n) is 1.65. The van der Waals surface area contributed by atoms with Crippen molar-refractivity contribution in [2.75, 3.05) is 25.2 Å². The van der Waals surface area contributed by atoms with Gasteiger partial charge in [0.25, 0.3) is 0 Å². The second-order valence-corrected chi connectivity index (χ2v) is 5.09. The van der Waals surface area contributed by atoms with Crippen LogP contribution in [0, 0.1) is 16.7 Å². The summed E-state index contributed by atoms with van der Waals surface area (Å²) in [6, 6.07) is 6.03. The highest BCUT2D eigenvalue weighted by atomic mass is 16.5. The van der Waals surface area contributed by atoms with E-state index in [2.05, 4.69) is 10.5 Å². The number of amidine groups is 1. The molecule has 0 aromatic heterocycles. The molecule has 0 spiro atoms. The van der Waals surface area contributed by atoms with Crippen LogP contribution in [0.4, 0.5) is 5.69 Å². The third-order valence-electron chi connectivity index (χ3n) is 2.94. The molecule has 0 saturated heterocycles. The summed E-state index contributed by atoms with van der Waals surface area (Å²) < 4.78 is 10.4. The molecule has 26 heavy (non-hydrogen) atoms. The molecule has 0 heterocycles. The number of carbonyl (C=O) groups excluding carboxylic acids is 1. The van der Waals surface area contributed by atoms with E-state index >= 15 is 0 Å². The molecule has 6 N–H and O–H groups in total. The molecule has 10 heteroatoms. The smallest absolute Gasteiger partial charge is 0.338 e. The van der Waals surface area contributed by atoms with Crippen LogP contribution in [0.25, 0.3) is 0 Å². The topological polar surface area (TPSA) is 174 Å². The van der Waals surface area contributed by atoms with Crippen molar-refractivity contribution in [2.45, 2.75) is 19.4 Å². The molecular weight excluding hydrogens is 342 g/mol. The molecule has 0 amide bonds. The summed E-state index contributed by atoms with van der Waals surface area (Å²) >= 11 is 0. The minimum atomic E-state index is -1.16. The average molecular weight is 363 g/mol. The highest BCUT2D eigenvalue weighted by molar-refractivity contribution is 6.45. The molecule has 0 aliphatic rings. The van der Waals surface area contributed by atoms with Gasteiger partial charge in [0.1, 0.15) is 24.5 Å². The number of ether oxygens (including phenoxy) is 2. The van der Waals surface area contributed by atoms with Crippen molar-refractivity contribution in [3.05, 3.63) is 23.8 Å². The maximum absolute atomic E-state index is 12.0. The fraction of sp³-hybridized carbons (Fsp3) is 0.375. The Hall–Kier alpha value is -3.16. The van der Waals surface area contributed by atoms with Gasteiger partial charge in [0.05, 0.1) is 24.5 Å². The number of hydrazone groups is 1. The Morgan fingerprint density at radius 3 is 2.85 bits per heavy atom. The van der Waals surface area contributed by atoms with Gasteiger partial charge in [-0.1, -0.05) is 6.92 Å². The van der Waals surface area contributed by atoms with Gasteiger partial charge in [0, 0.05) is 0 Å². The molecule has 1 atom stereocenters. The number of esters is 1. The number of nitriles is 1. The van der Waals surface area contributed by atoms with E-state index in [-0.39, 0.29) is 23.6 Å². The van der Waals surface area contributed by atoms with Crippen LogP contribution in [-0.2, 0) is 4.74 Å². The summed E-state index contributed by atoms with van der Waals surface area (Å²) in [6.45, 7) is 1.46. The van der Waals surface area contributed by atoms with E-state index in [4.69, 9.17) is 31.0 Å². The lowest BCUT2D eigenvalue weighted by Crippen LogP contribution is -2.22. The van der Waals surface area contributed by atoms with Gasteiger partial charge >= 0.3 is 5.97 Å². The standard InChI is InChI=1S/C16H21N5O5/c1-2-5-25-14-4-3-10(16(24)26-9-11(23)8-22)6-12(14)20-21-13(7-17)15(18)19/h3-4,6,11,20,22-23H,2,5,8-9H2,1H3,(H3,18,19)/b21-13+. The molecule has 0 bridgehead atoms. The van der Waals surface area contributed by atoms with E-state index in [0.717, 1.165) is 6.42 Å². The largest absolute Gasteiger partial charge is 0.491 e. The summed E-state index contributed by atoms with van der Waals surface area (Å²) in [5, 5.41) is 37.8. The van der Waals surface area contributed by atoms with Crippen molar-refractivity contribution in [1.82, 2.24) is 0 Å². The minimum absolute atomic E-state index is 0.137. The number of nitrogens with two attached hydrogens (primary N) is 1. The molecule has 1 aromatic rings. The van der Waals surface area contributed by atoms with Gasteiger partial charge in [-0.15, -0.1) is 0 Å². The molecule has 1 rings (SSSR count). The molecule has 0 saturated carbocycles. The van der Waals surface area contributed by atoms with Crippen LogP contribution in [0.5, 0.6) is 5.75 Å². The molecule has 0 aliphatic heterocycles. The van der Waals surface area contributed by atoms with Crippen LogP contribution in [0.2, 0.25) is 0 Å². The summed E-state index contributed by atoms with van der Waals surface area (Å²) in [7, 11) is 0. The number of benzene rings is 1. The van der Waals surface area contributed by atoms with E-state index in [1.165, 1.54) is 18.2 Å². The summed E-state index contributed by atoms with van der Waals surface area (Å²) in [4.78, 5) is 12.0. The Kier molecular flexibility index (Phi) is 8.56. The Balaban J connectivity index is 3.04. The second-order valence-electron chi connectivity index (χ2n) is 5.09. The molecule has 0 aliphatic carbocycles. The first-order chi connectivity index (χ1) is 12.4. The average Bonchev–Trinajstić information content (AvgIpc) is 2.64. The number of nitrogens with zero attached hydrogens (tertiary/aromatic N) is 2. The summed E-state index contributed by atoms with van der Waals surface area (Å²) in [5.41, 5.74) is 7.85. The maximum Gasteiger partial charge on any atom is 0.338 e. The first-order valence-electron chi connectivity index (χ1n) is 7.74. The van der Waals surface area contributed by atoms with E-state index in [1.807, 2.05) is 6.92 Å². The van der Waals surface area contributed by atoms with Crippen LogP contribution in [0.3, 0.4) is 0 Å². The Bertz CT molecular complexity index is 713. The molecule has 1 unspecified atom stereocenters. The van der Waals surface area contributed by atoms with Gasteiger partial charge in [-0.3, -0.25) is 10.8 Å². The molecule has 0 fully saturated rings. The zero-order chi connectivity index (χ0) is 19.5. The molecule has 1 aromatic carbocycles. The van der Waals surface area contributed by atoms with Gasteiger partial charge in [-0.25, -0.2) is 4.79 Å². The normalized spacial score (nSPS) is 12.0. The number of hydrogen-bond donors (Lipinski definition) is 5. The van der Waals surface area contributed by atoms with Crippen LogP contribution in [-0.4, -0.2) is 53.7 Å². The zero-order valence-corrected chi connectivity index (χ0v) is 14.2. The molecule has 140 valence electrons. The Labute approximate surface area is 150 Å². The highest BCUT2D eigenvalue weighted by Gasteiger charge is 2.14. The zero-order valence-electron chi connectivity index (χ0n) is 14.2. The number of nitrogens with one attached hydrogen (secondary N) is 2. The number of carbonyl (C=O) groups is 1. The van der Waals surface area contributed by atoms with Crippen LogP contribution < -0.4 is 15.9 Å². The van der Waals surface area contributed by atoms with Crippen LogP contribution in [0.15, 0.2) is 23.3 Å². The third-order valence-corrected chi connectivity index (χ3v) is 2.94. The van der Waals surface area contributed by atoms with Crippen LogP contribution >= 0.6 is 0 Å². The SMILES string of the molecule is CCCOc1ccc(C(=O)OCC(O)CO)cc1N/N=C(\C#N)C(=N)N. The predicted octanol–water partition coefficient (Wildman–Crippen LogP) is 0.213. The lowest BCUT2D eigenvalue weighted by Gasteiger charge is -2.13. The van der Waals surface area contributed by atoms with E-state index in [9.17, 15) is 9.90 Å². The fourth-order valence-corrected chi connectivity index (χ4v) is 1.65. The van der Waals surface area contributed by atoms with Crippen molar-refractivity contribution < 1.29 is 24.5 Å². The number of rotatable bonds is 10. The predicted molar refractivity (Wildman–Crippen MR) is 94.2 cm³/mol. The van der Waals surface area contributed by atoms with Gasteiger partial charge in [0.15, 0.2) is 5.84 Å². The second kappa shape index (κ2) is 10.7. The van der Waals surface area contributed by atoms with Crippen molar-refractivity contribution >= 4 is 23.2 Å². The quantitative estimate of drug-likeness (QED) is 0.170. The lowest BCUT2D eigenvalue weighted by atomic mass is 10.2. The van der Waals surface area contributed by atoms with Crippen LogP contribution in [0.1, 0.15) is 23.7 Å². The summed E-state index contributed by atoms with van der Waals surface area (Å²) in [6.07, 6.45) is -0.412. The van der Waals surface area contributed by atoms with Gasteiger partial charge in [0.2, 0.25) is 5.71 Å². The molecule has 0 radical (unpaired) electrons. The van der Waals surface area contributed by atoms with E-state index in [1.54, 1.807) is 6.07 Å². The van der Waals surface area contributed by atoms with Gasteiger partial charge < -0.3 is 25.4 Å². The molecule has 10 nitrogen and oxygen atoms in total.